The molecule has 0 atom stereocenters. The van der Waals surface area contributed by atoms with E-state index in [0.717, 1.165) is 11.3 Å². The normalized spacial score (nSPS) is 10.7. The molecular formula is C20H16Cl2FNO4. The van der Waals surface area contributed by atoms with E-state index in [4.69, 9.17) is 33.0 Å². The van der Waals surface area contributed by atoms with E-state index in [9.17, 15) is 9.18 Å². The first-order valence-corrected chi connectivity index (χ1v) is 9.00. The van der Waals surface area contributed by atoms with Gasteiger partial charge >= 0.3 is 6.16 Å². The number of nitrogens with zero attached hydrogens (tertiary/aromatic N) is 1. The highest BCUT2D eigenvalue weighted by atomic mass is 35.5. The minimum Gasteiger partial charge on any atom is -0.488 e. The first-order valence-electron chi connectivity index (χ1n) is 8.24. The minimum atomic E-state index is -1.37. The molecule has 1 heterocycles. The van der Waals surface area contributed by atoms with E-state index >= 15 is 0 Å². The number of ether oxygens (including phenoxy) is 2. The highest BCUT2D eigenvalue weighted by Crippen LogP contribution is 2.28. The van der Waals surface area contributed by atoms with Gasteiger partial charge in [-0.1, -0.05) is 29.3 Å². The van der Waals surface area contributed by atoms with Crippen molar-refractivity contribution in [3.63, 3.8) is 0 Å². The second-order valence-electron chi connectivity index (χ2n) is 6.09. The van der Waals surface area contributed by atoms with E-state index in [1.54, 1.807) is 36.5 Å². The van der Waals surface area contributed by atoms with Crippen LogP contribution in [0.25, 0.3) is 0 Å². The summed E-state index contributed by atoms with van der Waals surface area (Å²) >= 11 is 12.2. The zero-order valence-electron chi connectivity index (χ0n) is 14.8. The average Bonchev–Trinajstić information content (AvgIpc) is 2.94. The molecular weight excluding hydrogens is 408 g/mol. The van der Waals surface area contributed by atoms with Crippen LogP contribution in [0.2, 0.25) is 10.0 Å². The molecule has 3 rings (SSSR count). The molecule has 0 aliphatic rings. The number of aromatic nitrogens is 1. The van der Waals surface area contributed by atoms with Crippen molar-refractivity contribution in [2.24, 2.45) is 0 Å². The van der Waals surface area contributed by atoms with Gasteiger partial charge in [0.05, 0.1) is 11.6 Å². The van der Waals surface area contributed by atoms with Crippen LogP contribution >= 0.6 is 23.2 Å². The van der Waals surface area contributed by atoms with Gasteiger partial charge in [0, 0.05) is 34.1 Å². The quantitative estimate of drug-likeness (QED) is 0.499. The van der Waals surface area contributed by atoms with Crippen molar-refractivity contribution in [1.29, 1.82) is 0 Å². The molecule has 146 valence electrons. The summed E-state index contributed by atoms with van der Waals surface area (Å²) in [6.07, 6.45) is 0.213. The highest BCUT2D eigenvalue weighted by Gasteiger charge is 2.12. The highest BCUT2D eigenvalue weighted by molar-refractivity contribution is 6.31. The molecule has 28 heavy (non-hydrogen) atoms. The number of aryl methyl sites for hydroxylation is 1. The van der Waals surface area contributed by atoms with Crippen molar-refractivity contribution in [1.82, 2.24) is 4.57 Å². The van der Waals surface area contributed by atoms with Gasteiger partial charge in [0.15, 0.2) is 5.75 Å². The number of carbonyl (C=O) groups is 1. The lowest BCUT2D eigenvalue weighted by Gasteiger charge is -2.14. The molecule has 5 nitrogen and oxygen atoms in total. The third-order valence-electron chi connectivity index (χ3n) is 4.05. The smallest absolute Gasteiger partial charge is 0.488 e. The van der Waals surface area contributed by atoms with E-state index in [1.165, 1.54) is 12.1 Å². The molecule has 0 saturated heterocycles. The lowest BCUT2D eigenvalue weighted by molar-refractivity contribution is 0.144. The molecule has 2 aromatic carbocycles. The molecule has 0 bridgehead atoms. The molecule has 0 fully saturated rings. The van der Waals surface area contributed by atoms with Crippen molar-refractivity contribution < 1.29 is 23.8 Å². The zero-order valence-corrected chi connectivity index (χ0v) is 16.3. The SMILES string of the molecule is Cc1cc(OC(=O)O)cn1Cc1cc(Cl)ccc1OCc1ccc(F)cc1Cl. The number of benzene rings is 2. The van der Waals surface area contributed by atoms with Gasteiger partial charge in [-0.15, -0.1) is 0 Å². The van der Waals surface area contributed by atoms with Crippen LogP contribution < -0.4 is 9.47 Å². The predicted octanol–water partition coefficient (Wildman–Crippen LogP) is 5.93. The molecule has 3 aromatic rings. The van der Waals surface area contributed by atoms with Gasteiger partial charge in [-0.3, -0.25) is 0 Å². The molecule has 1 aromatic heterocycles. The second-order valence-corrected chi connectivity index (χ2v) is 6.93. The van der Waals surface area contributed by atoms with Crippen LogP contribution in [0.5, 0.6) is 11.5 Å². The van der Waals surface area contributed by atoms with Gasteiger partial charge in [-0.2, -0.15) is 0 Å². The van der Waals surface area contributed by atoms with Gasteiger partial charge in [-0.05, 0) is 37.3 Å². The molecule has 8 heteroatoms. The lowest BCUT2D eigenvalue weighted by Crippen LogP contribution is -2.05. The van der Waals surface area contributed by atoms with Gasteiger partial charge < -0.3 is 19.1 Å². The summed E-state index contributed by atoms with van der Waals surface area (Å²) in [7, 11) is 0. The Labute approximate surface area is 170 Å². The molecule has 0 spiro atoms. The second kappa shape index (κ2) is 8.54. The largest absolute Gasteiger partial charge is 0.511 e. The van der Waals surface area contributed by atoms with Gasteiger partial charge in [0.2, 0.25) is 0 Å². The Hall–Kier alpha value is -2.70. The fourth-order valence-electron chi connectivity index (χ4n) is 2.70. The fraction of sp³-hybridized carbons (Fsp3) is 0.150. The topological polar surface area (TPSA) is 60.7 Å². The Morgan fingerprint density at radius 3 is 2.64 bits per heavy atom. The molecule has 0 saturated carbocycles. The number of rotatable bonds is 6. The minimum absolute atomic E-state index is 0.159. The molecule has 0 aliphatic heterocycles. The summed E-state index contributed by atoms with van der Waals surface area (Å²) in [5.41, 5.74) is 2.24. The maximum absolute atomic E-state index is 13.2. The van der Waals surface area contributed by atoms with Crippen molar-refractivity contribution in [3.05, 3.63) is 81.3 Å². The van der Waals surface area contributed by atoms with Crippen molar-refractivity contribution in [2.45, 2.75) is 20.1 Å². The summed E-state index contributed by atoms with van der Waals surface area (Å²) in [6.45, 7) is 2.38. The summed E-state index contributed by atoms with van der Waals surface area (Å²) in [6, 6.07) is 10.9. The van der Waals surface area contributed by atoms with Crippen molar-refractivity contribution in [3.8, 4) is 11.5 Å². The van der Waals surface area contributed by atoms with Crippen LogP contribution in [-0.2, 0) is 13.2 Å². The Bertz CT molecular complexity index is 1020. The van der Waals surface area contributed by atoms with Crippen LogP contribution in [0.4, 0.5) is 9.18 Å². The summed E-state index contributed by atoms with van der Waals surface area (Å²) in [4.78, 5) is 10.7. The Morgan fingerprint density at radius 2 is 1.93 bits per heavy atom. The predicted molar refractivity (Wildman–Crippen MR) is 104 cm³/mol. The van der Waals surface area contributed by atoms with Crippen LogP contribution in [0.3, 0.4) is 0 Å². The van der Waals surface area contributed by atoms with Crippen LogP contribution in [0, 0.1) is 12.7 Å². The lowest BCUT2D eigenvalue weighted by atomic mass is 10.2. The van der Waals surface area contributed by atoms with E-state index in [0.29, 0.717) is 22.9 Å². The maximum Gasteiger partial charge on any atom is 0.511 e. The van der Waals surface area contributed by atoms with E-state index in [-0.39, 0.29) is 17.4 Å². The Kier molecular flexibility index (Phi) is 6.11. The van der Waals surface area contributed by atoms with Crippen LogP contribution in [0.15, 0.2) is 48.7 Å². The van der Waals surface area contributed by atoms with Crippen LogP contribution in [-0.4, -0.2) is 15.8 Å². The monoisotopic (exact) mass is 423 g/mol. The van der Waals surface area contributed by atoms with Gasteiger partial charge in [0.25, 0.3) is 0 Å². The molecule has 0 radical (unpaired) electrons. The average molecular weight is 424 g/mol. The van der Waals surface area contributed by atoms with E-state index in [2.05, 4.69) is 4.74 Å². The first-order chi connectivity index (χ1) is 13.3. The van der Waals surface area contributed by atoms with Crippen LogP contribution in [0.1, 0.15) is 16.8 Å². The third-order valence-corrected chi connectivity index (χ3v) is 4.64. The maximum atomic E-state index is 13.2. The van der Waals surface area contributed by atoms with E-state index < -0.39 is 12.0 Å². The molecule has 0 aliphatic carbocycles. The number of halogens is 3. The van der Waals surface area contributed by atoms with E-state index in [1.807, 2.05) is 11.5 Å². The number of hydrogen-bond acceptors (Lipinski definition) is 3. The van der Waals surface area contributed by atoms with Crippen molar-refractivity contribution >= 4 is 29.4 Å². The van der Waals surface area contributed by atoms with Crippen molar-refractivity contribution in [2.75, 3.05) is 0 Å². The standard InChI is InChI=1S/C20H16Cl2FNO4/c1-12-6-17(28-20(25)26)10-24(12)9-14-7-15(21)3-5-19(14)27-11-13-2-4-16(23)8-18(13)22/h2-8,10H,9,11H2,1H3,(H,25,26). The molecule has 0 unspecified atom stereocenters. The number of carboxylic acid groups (broad SMARTS) is 1. The Balaban J connectivity index is 1.81. The Morgan fingerprint density at radius 1 is 1.14 bits per heavy atom. The molecule has 0 amide bonds. The summed E-state index contributed by atoms with van der Waals surface area (Å²) in [5, 5.41) is 9.57. The number of hydrogen-bond donors (Lipinski definition) is 1. The first kappa shape index (κ1) is 20.0. The van der Waals surface area contributed by atoms with Gasteiger partial charge in [0.1, 0.15) is 18.2 Å². The van der Waals surface area contributed by atoms with Gasteiger partial charge in [-0.25, -0.2) is 9.18 Å². The third kappa shape index (κ3) is 4.97. The fourth-order valence-corrected chi connectivity index (χ4v) is 3.12. The summed E-state index contributed by atoms with van der Waals surface area (Å²) in [5.74, 6) is 0.398. The zero-order chi connectivity index (χ0) is 20.3. The summed E-state index contributed by atoms with van der Waals surface area (Å²) < 4.78 is 25.6. The molecule has 1 N–H and O–H groups in total.